The van der Waals surface area contributed by atoms with Crippen LogP contribution in [-0.2, 0) is 6.54 Å². The van der Waals surface area contributed by atoms with Crippen LogP contribution >= 0.6 is 34.5 Å². The molecule has 4 heteroatoms. The highest BCUT2D eigenvalue weighted by Crippen LogP contribution is 2.26. The third-order valence-corrected chi connectivity index (χ3v) is 4.51. The van der Waals surface area contributed by atoms with Gasteiger partial charge in [-0.25, -0.2) is 0 Å². The van der Waals surface area contributed by atoms with Crippen molar-refractivity contribution in [2.75, 3.05) is 0 Å². The minimum absolute atomic E-state index is 0.324. The average Bonchev–Trinajstić information content (AvgIpc) is 2.84. The quantitative estimate of drug-likeness (QED) is 0.842. The summed E-state index contributed by atoms with van der Waals surface area (Å²) in [5.41, 5.74) is 1.03. The standard InChI is InChI=1S/C13H13Cl2NS/c1-9(12-6-3-7-17-12)16-8-10-4-2-5-11(14)13(10)15/h2-7,9,16H,8H2,1H3. The Hall–Kier alpha value is -0.540. The lowest BCUT2D eigenvalue weighted by molar-refractivity contribution is 0.583. The highest BCUT2D eigenvalue weighted by molar-refractivity contribution is 7.10. The fourth-order valence-electron chi connectivity index (χ4n) is 1.59. The lowest BCUT2D eigenvalue weighted by Crippen LogP contribution is -2.17. The number of hydrogen-bond acceptors (Lipinski definition) is 2. The second-order valence-corrected chi connectivity index (χ2v) is 5.60. The highest BCUT2D eigenvalue weighted by Gasteiger charge is 2.08. The molecule has 0 saturated carbocycles. The number of benzene rings is 1. The predicted octanol–water partition coefficient (Wildman–Crippen LogP) is 4.91. The van der Waals surface area contributed by atoms with Gasteiger partial charge in [-0.05, 0) is 30.0 Å². The first-order valence-electron chi connectivity index (χ1n) is 5.38. The van der Waals surface area contributed by atoms with Crippen LogP contribution < -0.4 is 5.32 Å². The molecule has 1 nitrogen and oxygen atoms in total. The van der Waals surface area contributed by atoms with E-state index in [-0.39, 0.29) is 0 Å². The van der Waals surface area contributed by atoms with Crippen LogP contribution in [0.25, 0.3) is 0 Å². The van der Waals surface area contributed by atoms with E-state index in [4.69, 9.17) is 23.2 Å². The molecule has 0 aliphatic rings. The number of thiophene rings is 1. The Balaban J connectivity index is 2.00. The normalized spacial score (nSPS) is 12.6. The molecule has 1 unspecified atom stereocenters. The van der Waals surface area contributed by atoms with E-state index in [1.807, 2.05) is 12.1 Å². The lowest BCUT2D eigenvalue weighted by atomic mass is 10.2. The topological polar surface area (TPSA) is 12.0 Å². The zero-order chi connectivity index (χ0) is 12.3. The van der Waals surface area contributed by atoms with E-state index in [0.29, 0.717) is 16.1 Å². The minimum atomic E-state index is 0.324. The van der Waals surface area contributed by atoms with Crippen LogP contribution in [-0.4, -0.2) is 0 Å². The van der Waals surface area contributed by atoms with Gasteiger partial charge in [0, 0.05) is 17.5 Å². The molecule has 1 heterocycles. The van der Waals surface area contributed by atoms with Crippen molar-refractivity contribution in [3.05, 3.63) is 56.2 Å². The summed E-state index contributed by atoms with van der Waals surface area (Å²) in [6.45, 7) is 2.86. The zero-order valence-corrected chi connectivity index (χ0v) is 11.7. The molecule has 0 amide bonds. The monoisotopic (exact) mass is 285 g/mol. The third-order valence-electron chi connectivity index (χ3n) is 2.60. The molecule has 2 aromatic rings. The Morgan fingerprint density at radius 1 is 1.24 bits per heavy atom. The van der Waals surface area contributed by atoms with Crippen LogP contribution in [0.1, 0.15) is 23.4 Å². The second kappa shape index (κ2) is 5.87. The van der Waals surface area contributed by atoms with Crippen LogP contribution in [0.5, 0.6) is 0 Å². The van der Waals surface area contributed by atoms with E-state index < -0.39 is 0 Å². The van der Waals surface area contributed by atoms with Crippen LogP contribution in [0, 0.1) is 0 Å². The van der Waals surface area contributed by atoms with Gasteiger partial charge in [0.2, 0.25) is 0 Å². The van der Waals surface area contributed by atoms with E-state index in [2.05, 4.69) is 29.8 Å². The third kappa shape index (κ3) is 3.23. The van der Waals surface area contributed by atoms with Crippen LogP contribution in [0.4, 0.5) is 0 Å². The number of rotatable bonds is 4. The van der Waals surface area contributed by atoms with Gasteiger partial charge in [-0.3, -0.25) is 0 Å². The Labute approximate surface area is 115 Å². The number of halogens is 2. The minimum Gasteiger partial charge on any atom is -0.305 e. The summed E-state index contributed by atoms with van der Waals surface area (Å²) < 4.78 is 0. The summed E-state index contributed by atoms with van der Waals surface area (Å²) in [5.74, 6) is 0. The summed E-state index contributed by atoms with van der Waals surface area (Å²) in [6, 6.07) is 10.2. The van der Waals surface area contributed by atoms with Gasteiger partial charge in [0.1, 0.15) is 0 Å². The maximum absolute atomic E-state index is 6.13. The Bertz CT molecular complexity index is 482. The molecule has 0 fully saturated rings. The lowest BCUT2D eigenvalue weighted by Gasteiger charge is -2.13. The molecule has 0 radical (unpaired) electrons. The van der Waals surface area contributed by atoms with Gasteiger partial charge in [-0.1, -0.05) is 41.4 Å². The van der Waals surface area contributed by atoms with Crippen molar-refractivity contribution in [1.29, 1.82) is 0 Å². The van der Waals surface area contributed by atoms with Crippen LogP contribution in [0.15, 0.2) is 35.7 Å². The predicted molar refractivity (Wildman–Crippen MR) is 76.0 cm³/mol. The van der Waals surface area contributed by atoms with Crippen molar-refractivity contribution < 1.29 is 0 Å². The van der Waals surface area contributed by atoms with E-state index in [9.17, 15) is 0 Å². The van der Waals surface area contributed by atoms with Gasteiger partial charge in [-0.15, -0.1) is 11.3 Å². The molecule has 0 aliphatic carbocycles. The number of nitrogens with one attached hydrogen (secondary N) is 1. The van der Waals surface area contributed by atoms with Crippen molar-refractivity contribution in [1.82, 2.24) is 5.32 Å². The smallest absolute Gasteiger partial charge is 0.0637 e. The summed E-state index contributed by atoms with van der Waals surface area (Å²) >= 11 is 13.9. The molecule has 0 aliphatic heterocycles. The molecule has 1 N–H and O–H groups in total. The molecule has 90 valence electrons. The van der Waals surface area contributed by atoms with Crippen molar-refractivity contribution >= 4 is 34.5 Å². The molecule has 1 atom stereocenters. The fourth-order valence-corrected chi connectivity index (χ4v) is 2.73. The van der Waals surface area contributed by atoms with E-state index in [0.717, 1.165) is 12.1 Å². The molecule has 0 saturated heterocycles. The first-order chi connectivity index (χ1) is 8.18. The summed E-state index contributed by atoms with van der Waals surface area (Å²) in [4.78, 5) is 1.32. The van der Waals surface area contributed by atoms with Gasteiger partial charge >= 0.3 is 0 Å². The van der Waals surface area contributed by atoms with Gasteiger partial charge < -0.3 is 5.32 Å². The van der Waals surface area contributed by atoms with Crippen molar-refractivity contribution in [2.24, 2.45) is 0 Å². The van der Waals surface area contributed by atoms with Crippen molar-refractivity contribution in [3.63, 3.8) is 0 Å². The van der Waals surface area contributed by atoms with Crippen LogP contribution in [0.3, 0.4) is 0 Å². The number of hydrogen-bond donors (Lipinski definition) is 1. The summed E-state index contributed by atoms with van der Waals surface area (Å²) in [7, 11) is 0. The van der Waals surface area contributed by atoms with Crippen molar-refractivity contribution in [2.45, 2.75) is 19.5 Å². The first kappa shape index (κ1) is 12.9. The molecule has 0 spiro atoms. The maximum Gasteiger partial charge on any atom is 0.0637 e. The van der Waals surface area contributed by atoms with Gasteiger partial charge in [0.25, 0.3) is 0 Å². The van der Waals surface area contributed by atoms with Gasteiger partial charge in [0.15, 0.2) is 0 Å². The molecule has 1 aromatic heterocycles. The molecular formula is C13H13Cl2NS. The fraction of sp³-hybridized carbons (Fsp3) is 0.231. The van der Waals surface area contributed by atoms with E-state index in [1.165, 1.54) is 4.88 Å². The molecule has 2 rings (SSSR count). The SMILES string of the molecule is CC(NCc1cccc(Cl)c1Cl)c1cccs1. The highest BCUT2D eigenvalue weighted by atomic mass is 35.5. The summed E-state index contributed by atoms with van der Waals surface area (Å²) in [5, 5.41) is 6.77. The maximum atomic E-state index is 6.13. The van der Waals surface area contributed by atoms with Gasteiger partial charge in [-0.2, -0.15) is 0 Å². The Kier molecular flexibility index (Phi) is 4.46. The van der Waals surface area contributed by atoms with E-state index in [1.54, 1.807) is 17.4 Å². The molecular weight excluding hydrogens is 273 g/mol. The van der Waals surface area contributed by atoms with Crippen molar-refractivity contribution in [3.8, 4) is 0 Å². The molecule has 1 aromatic carbocycles. The first-order valence-corrected chi connectivity index (χ1v) is 7.01. The molecule has 17 heavy (non-hydrogen) atoms. The Morgan fingerprint density at radius 3 is 2.76 bits per heavy atom. The van der Waals surface area contributed by atoms with E-state index >= 15 is 0 Å². The van der Waals surface area contributed by atoms with Gasteiger partial charge in [0.05, 0.1) is 10.0 Å². The molecule has 0 bridgehead atoms. The largest absolute Gasteiger partial charge is 0.305 e. The zero-order valence-electron chi connectivity index (χ0n) is 9.41. The average molecular weight is 286 g/mol. The Morgan fingerprint density at radius 2 is 2.06 bits per heavy atom. The van der Waals surface area contributed by atoms with Crippen LogP contribution in [0.2, 0.25) is 10.0 Å². The summed E-state index contributed by atoms with van der Waals surface area (Å²) in [6.07, 6.45) is 0. The second-order valence-electron chi connectivity index (χ2n) is 3.83.